The lowest BCUT2D eigenvalue weighted by Crippen LogP contribution is -2.12. The molecule has 4 nitrogen and oxygen atoms in total. The fraction of sp³-hybridized carbons (Fsp3) is 0.125. The molecule has 1 unspecified atom stereocenters. The summed E-state index contributed by atoms with van der Waals surface area (Å²) in [7, 11) is 0. The molecule has 2 aromatic carbocycles. The van der Waals surface area contributed by atoms with Gasteiger partial charge in [-0.05, 0) is 24.1 Å². The Labute approximate surface area is 115 Å². The van der Waals surface area contributed by atoms with E-state index < -0.39 is 11.9 Å². The Morgan fingerprint density at radius 3 is 2.35 bits per heavy atom. The molecular formula is C16H12O4. The minimum Gasteiger partial charge on any atom is -0.507 e. The molecule has 1 atom stereocenters. The van der Waals surface area contributed by atoms with Gasteiger partial charge in [0.25, 0.3) is 0 Å². The van der Waals surface area contributed by atoms with Gasteiger partial charge in [0.1, 0.15) is 5.75 Å². The van der Waals surface area contributed by atoms with E-state index in [1.807, 2.05) is 0 Å². The van der Waals surface area contributed by atoms with Crippen LogP contribution in [0.3, 0.4) is 0 Å². The summed E-state index contributed by atoms with van der Waals surface area (Å²) < 4.78 is 0. The fourth-order valence-electron chi connectivity index (χ4n) is 2.65. The predicted molar refractivity (Wildman–Crippen MR) is 73.0 cm³/mol. The van der Waals surface area contributed by atoms with Gasteiger partial charge in [-0.15, -0.1) is 0 Å². The van der Waals surface area contributed by atoms with Gasteiger partial charge in [0.2, 0.25) is 0 Å². The summed E-state index contributed by atoms with van der Waals surface area (Å²) in [5.74, 6) is -2.03. The van der Waals surface area contributed by atoms with E-state index in [1.54, 1.807) is 24.3 Å². The number of aliphatic carboxylic acids is 1. The van der Waals surface area contributed by atoms with E-state index >= 15 is 0 Å². The standard InChI is InChI=1S/C16H12O4/c1-8(16(19)20)9-6-7-12(17)13-10-4-2-3-5-11(10)15(18)14(9)13/h2-8,17H,1H3,(H,19,20). The SMILES string of the molecule is CC(C(=O)O)c1ccc(O)c2c1C(=O)c1ccccc1-2. The van der Waals surface area contributed by atoms with Gasteiger partial charge in [-0.3, -0.25) is 9.59 Å². The summed E-state index contributed by atoms with van der Waals surface area (Å²) in [6, 6.07) is 9.94. The third-order valence-corrected chi connectivity index (χ3v) is 3.72. The Hall–Kier alpha value is -2.62. The van der Waals surface area contributed by atoms with E-state index in [4.69, 9.17) is 5.11 Å². The molecule has 0 fully saturated rings. The highest BCUT2D eigenvalue weighted by atomic mass is 16.4. The van der Waals surface area contributed by atoms with Crippen molar-refractivity contribution in [1.29, 1.82) is 0 Å². The molecule has 0 radical (unpaired) electrons. The monoisotopic (exact) mass is 268 g/mol. The number of phenolic OH excluding ortho intramolecular Hbond substituents is 1. The van der Waals surface area contributed by atoms with Crippen LogP contribution in [-0.2, 0) is 4.79 Å². The van der Waals surface area contributed by atoms with Gasteiger partial charge in [0.05, 0.1) is 5.92 Å². The van der Waals surface area contributed by atoms with Crippen molar-refractivity contribution in [2.75, 3.05) is 0 Å². The van der Waals surface area contributed by atoms with Crippen LogP contribution >= 0.6 is 0 Å². The summed E-state index contributed by atoms with van der Waals surface area (Å²) in [5.41, 5.74) is 2.34. The van der Waals surface area contributed by atoms with Gasteiger partial charge < -0.3 is 10.2 Å². The average molecular weight is 268 g/mol. The number of carbonyl (C=O) groups excluding carboxylic acids is 1. The first-order chi connectivity index (χ1) is 9.52. The number of rotatable bonds is 2. The Morgan fingerprint density at radius 1 is 1.05 bits per heavy atom. The molecule has 20 heavy (non-hydrogen) atoms. The molecule has 3 rings (SSSR count). The lowest BCUT2D eigenvalue weighted by atomic mass is 9.91. The number of ketones is 1. The van der Waals surface area contributed by atoms with Gasteiger partial charge in [-0.1, -0.05) is 30.3 Å². The van der Waals surface area contributed by atoms with Crippen molar-refractivity contribution in [1.82, 2.24) is 0 Å². The smallest absolute Gasteiger partial charge is 0.310 e. The second kappa shape index (κ2) is 4.20. The maximum atomic E-state index is 12.5. The number of phenols is 1. The topological polar surface area (TPSA) is 74.6 Å². The number of hydrogen-bond donors (Lipinski definition) is 2. The highest BCUT2D eigenvalue weighted by molar-refractivity contribution is 6.23. The van der Waals surface area contributed by atoms with Crippen molar-refractivity contribution < 1.29 is 19.8 Å². The Morgan fingerprint density at radius 2 is 1.70 bits per heavy atom. The van der Waals surface area contributed by atoms with Crippen molar-refractivity contribution in [2.24, 2.45) is 0 Å². The Kier molecular flexibility index (Phi) is 2.61. The number of fused-ring (bicyclic) bond motifs is 3. The summed E-state index contributed by atoms with van der Waals surface area (Å²) in [4.78, 5) is 23.7. The van der Waals surface area contributed by atoms with Gasteiger partial charge >= 0.3 is 5.97 Å². The molecule has 0 amide bonds. The van der Waals surface area contributed by atoms with Crippen LogP contribution in [0.1, 0.15) is 34.3 Å². The van der Waals surface area contributed by atoms with E-state index in [2.05, 4.69) is 0 Å². The largest absolute Gasteiger partial charge is 0.507 e. The molecule has 1 aliphatic rings. The van der Waals surface area contributed by atoms with Gasteiger partial charge in [0.15, 0.2) is 5.78 Å². The zero-order valence-corrected chi connectivity index (χ0v) is 10.8. The lowest BCUT2D eigenvalue weighted by molar-refractivity contribution is -0.138. The van der Waals surface area contributed by atoms with E-state index in [9.17, 15) is 14.7 Å². The lowest BCUT2D eigenvalue weighted by Gasteiger charge is -2.12. The van der Waals surface area contributed by atoms with Gasteiger partial charge in [0, 0.05) is 16.7 Å². The normalized spacial score (nSPS) is 13.8. The molecule has 0 saturated carbocycles. The summed E-state index contributed by atoms with van der Waals surface area (Å²) in [6.45, 7) is 1.53. The highest BCUT2D eigenvalue weighted by Gasteiger charge is 2.33. The number of benzene rings is 2. The van der Waals surface area contributed by atoms with E-state index in [0.29, 0.717) is 27.8 Å². The van der Waals surface area contributed by atoms with Crippen LogP contribution in [0, 0.1) is 0 Å². The van der Waals surface area contributed by atoms with Crippen LogP contribution in [0.15, 0.2) is 36.4 Å². The predicted octanol–water partition coefficient (Wildman–Crippen LogP) is 2.79. The number of carboxylic acids is 1. The average Bonchev–Trinajstić information content (AvgIpc) is 2.74. The minimum absolute atomic E-state index is 0.000334. The Balaban J connectivity index is 2.33. The zero-order valence-electron chi connectivity index (χ0n) is 10.8. The number of hydrogen-bond acceptors (Lipinski definition) is 3. The molecule has 2 aromatic rings. The fourth-order valence-corrected chi connectivity index (χ4v) is 2.65. The molecule has 0 saturated heterocycles. The molecule has 2 N–H and O–H groups in total. The first kappa shape index (κ1) is 12.4. The first-order valence-electron chi connectivity index (χ1n) is 6.25. The molecule has 0 aliphatic heterocycles. The molecule has 1 aliphatic carbocycles. The minimum atomic E-state index is -0.998. The molecule has 4 heteroatoms. The molecule has 0 aromatic heterocycles. The van der Waals surface area contributed by atoms with Crippen molar-refractivity contribution in [3.63, 3.8) is 0 Å². The number of carbonyl (C=O) groups is 2. The van der Waals surface area contributed by atoms with Crippen LogP contribution in [0.4, 0.5) is 0 Å². The van der Waals surface area contributed by atoms with Crippen molar-refractivity contribution >= 4 is 11.8 Å². The maximum Gasteiger partial charge on any atom is 0.310 e. The van der Waals surface area contributed by atoms with Crippen LogP contribution in [0.5, 0.6) is 5.75 Å². The van der Waals surface area contributed by atoms with Crippen molar-refractivity contribution in [3.8, 4) is 16.9 Å². The van der Waals surface area contributed by atoms with Crippen LogP contribution in [0.2, 0.25) is 0 Å². The molecule has 0 heterocycles. The molecule has 0 spiro atoms. The van der Waals surface area contributed by atoms with E-state index in [1.165, 1.54) is 19.1 Å². The summed E-state index contributed by atoms with van der Waals surface area (Å²) >= 11 is 0. The van der Waals surface area contributed by atoms with Crippen molar-refractivity contribution in [3.05, 3.63) is 53.1 Å². The number of carboxylic acid groups (broad SMARTS) is 1. The summed E-state index contributed by atoms with van der Waals surface area (Å²) in [5, 5.41) is 19.2. The second-order valence-corrected chi connectivity index (χ2v) is 4.86. The number of aromatic hydroxyl groups is 1. The quantitative estimate of drug-likeness (QED) is 0.749. The highest BCUT2D eigenvalue weighted by Crippen LogP contribution is 2.45. The second-order valence-electron chi connectivity index (χ2n) is 4.86. The molecule has 100 valence electrons. The van der Waals surface area contributed by atoms with E-state index in [0.717, 1.165) is 0 Å². The zero-order chi connectivity index (χ0) is 14.4. The summed E-state index contributed by atoms with van der Waals surface area (Å²) in [6.07, 6.45) is 0. The molecule has 0 bridgehead atoms. The first-order valence-corrected chi connectivity index (χ1v) is 6.25. The van der Waals surface area contributed by atoms with Crippen LogP contribution in [0.25, 0.3) is 11.1 Å². The molecular weight excluding hydrogens is 256 g/mol. The third-order valence-electron chi connectivity index (χ3n) is 3.72. The van der Waals surface area contributed by atoms with Crippen LogP contribution < -0.4 is 0 Å². The van der Waals surface area contributed by atoms with Crippen LogP contribution in [-0.4, -0.2) is 22.0 Å². The third kappa shape index (κ3) is 1.54. The van der Waals surface area contributed by atoms with Crippen molar-refractivity contribution in [2.45, 2.75) is 12.8 Å². The Bertz CT molecular complexity index is 746. The maximum absolute atomic E-state index is 12.5. The van der Waals surface area contributed by atoms with E-state index in [-0.39, 0.29) is 11.5 Å². The van der Waals surface area contributed by atoms with Gasteiger partial charge in [-0.25, -0.2) is 0 Å². The van der Waals surface area contributed by atoms with Gasteiger partial charge in [-0.2, -0.15) is 0 Å².